The second-order valence-electron chi connectivity index (χ2n) is 5.12. The molecule has 0 bridgehead atoms. The van der Waals surface area contributed by atoms with E-state index in [1.165, 1.54) is 6.42 Å². The van der Waals surface area contributed by atoms with Gasteiger partial charge in [0.15, 0.2) is 0 Å². The van der Waals surface area contributed by atoms with Crippen LogP contribution in [0.4, 0.5) is 5.82 Å². The molecule has 120 valence electrons. The highest BCUT2D eigenvalue weighted by molar-refractivity contribution is 6.31. The minimum atomic E-state index is 0.746. The minimum absolute atomic E-state index is 0.746. The first-order chi connectivity index (χ1) is 10.1. The highest BCUT2D eigenvalue weighted by Gasteiger charge is 2.10. The van der Waals surface area contributed by atoms with Gasteiger partial charge in [0.2, 0.25) is 0 Å². The summed E-state index contributed by atoms with van der Waals surface area (Å²) in [6.45, 7) is 12.9. The van der Waals surface area contributed by atoms with E-state index in [-0.39, 0.29) is 0 Å². The Bertz CT molecular complexity index is 407. The van der Waals surface area contributed by atoms with Crippen molar-refractivity contribution < 1.29 is 0 Å². The Morgan fingerprint density at radius 2 is 1.67 bits per heavy atom. The van der Waals surface area contributed by atoms with Crippen LogP contribution in [0.1, 0.15) is 32.9 Å². The van der Waals surface area contributed by atoms with Gasteiger partial charge < -0.3 is 10.2 Å². The standard InChI is InChI=1S/C16H29ClN4/c1-5-20(6-2)11-8-12-21(7-3)13-15-14(17)9-10-16(18-4)19-15/h9-10H,5-8,11-13H2,1-4H3,(H,18,19). The fourth-order valence-electron chi connectivity index (χ4n) is 2.35. The van der Waals surface area contributed by atoms with Crippen molar-refractivity contribution in [3.8, 4) is 0 Å². The maximum atomic E-state index is 6.26. The van der Waals surface area contributed by atoms with Crippen molar-refractivity contribution in [1.29, 1.82) is 0 Å². The molecular formula is C16H29ClN4. The summed E-state index contributed by atoms with van der Waals surface area (Å²) < 4.78 is 0. The zero-order chi connectivity index (χ0) is 15.7. The fourth-order valence-corrected chi connectivity index (χ4v) is 2.52. The van der Waals surface area contributed by atoms with Crippen LogP contribution in [0.15, 0.2) is 12.1 Å². The number of hydrogen-bond donors (Lipinski definition) is 1. The predicted octanol–water partition coefficient (Wildman–Crippen LogP) is 3.33. The van der Waals surface area contributed by atoms with Crippen molar-refractivity contribution in [2.24, 2.45) is 0 Å². The molecule has 0 aliphatic carbocycles. The molecule has 0 spiro atoms. The highest BCUT2D eigenvalue weighted by atomic mass is 35.5. The van der Waals surface area contributed by atoms with Crippen LogP contribution in [0.2, 0.25) is 5.02 Å². The van der Waals surface area contributed by atoms with Gasteiger partial charge in [-0.15, -0.1) is 0 Å². The monoisotopic (exact) mass is 312 g/mol. The molecule has 1 N–H and O–H groups in total. The topological polar surface area (TPSA) is 31.4 Å². The number of hydrogen-bond acceptors (Lipinski definition) is 4. The van der Waals surface area contributed by atoms with E-state index >= 15 is 0 Å². The van der Waals surface area contributed by atoms with E-state index in [4.69, 9.17) is 11.6 Å². The molecule has 0 aromatic carbocycles. The smallest absolute Gasteiger partial charge is 0.126 e. The third-order valence-electron chi connectivity index (χ3n) is 3.84. The van der Waals surface area contributed by atoms with Crippen LogP contribution in [-0.4, -0.2) is 54.6 Å². The van der Waals surface area contributed by atoms with Crippen LogP contribution >= 0.6 is 11.6 Å². The molecule has 0 fully saturated rings. The lowest BCUT2D eigenvalue weighted by Gasteiger charge is -2.23. The summed E-state index contributed by atoms with van der Waals surface area (Å²) in [6.07, 6.45) is 1.18. The zero-order valence-corrected chi connectivity index (χ0v) is 14.6. The molecule has 0 amide bonds. The first-order valence-corrected chi connectivity index (χ1v) is 8.30. The van der Waals surface area contributed by atoms with Crippen LogP contribution in [0, 0.1) is 0 Å². The number of pyridine rings is 1. The lowest BCUT2D eigenvalue weighted by Crippen LogP contribution is -2.30. The summed E-state index contributed by atoms with van der Waals surface area (Å²) in [6, 6.07) is 3.82. The Balaban J connectivity index is 2.53. The second kappa shape index (κ2) is 9.98. The van der Waals surface area contributed by atoms with Crippen molar-refractivity contribution in [2.75, 3.05) is 45.1 Å². The van der Waals surface area contributed by atoms with Crippen molar-refractivity contribution in [1.82, 2.24) is 14.8 Å². The van der Waals surface area contributed by atoms with Gasteiger partial charge in [-0.05, 0) is 51.3 Å². The van der Waals surface area contributed by atoms with E-state index < -0.39 is 0 Å². The maximum Gasteiger partial charge on any atom is 0.126 e. The Morgan fingerprint density at radius 3 is 2.24 bits per heavy atom. The molecule has 21 heavy (non-hydrogen) atoms. The van der Waals surface area contributed by atoms with Gasteiger partial charge in [0.05, 0.1) is 10.7 Å². The van der Waals surface area contributed by atoms with Crippen molar-refractivity contribution in [3.63, 3.8) is 0 Å². The Hall–Kier alpha value is -0.840. The summed E-state index contributed by atoms with van der Waals surface area (Å²) in [5.41, 5.74) is 0.952. The summed E-state index contributed by atoms with van der Waals surface area (Å²) in [5, 5.41) is 3.81. The lowest BCUT2D eigenvalue weighted by atomic mass is 10.3. The Labute approximate surface area is 134 Å². The molecule has 5 heteroatoms. The number of halogens is 1. The molecule has 0 aliphatic heterocycles. The molecule has 0 saturated carbocycles. The van der Waals surface area contributed by atoms with Crippen LogP contribution < -0.4 is 5.32 Å². The van der Waals surface area contributed by atoms with E-state index in [1.54, 1.807) is 0 Å². The molecule has 0 saturated heterocycles. The quantitative estimate of drug-likeness (QED) is 0.718. The Kier molecular flexibility index (Phi) is 8.66. The van der Waals surface area contributed by atoms with Gasteiger partial charge in [-0.3, -0.25) is 4.90 Å². The summed E-state index contributed by atoms with van der Waals surface area (Å²) in [7, 11) is 1.88. The fraction of sp³-hybridized carbons (Fsp3) is 0.688. The predicted molar refractivity (Wildman–Crippen MR) is 92.1 cm³/mol. The lowest BCUT2D eigenvalue weighted by molar-refractivity contribution is 0.237. The maximum absolute atomic E-state index is 6.26. The van der Waals surface area contributed by atoms with E-state index in [0.29, 0.717) is 0 Å². The molecule has 1 aromatic rings. The third kappa shape index (κ3) is 6.20. The average Bonchev–Trinajstić information content (AvgIpc) is 2.52. The SMILES string of the molecule is CCN(CC)CCCN(CC)Cc1nc(NC)ccc1Cl. The van der Waals surface area contributed by atoms with Crippen molar-refractivity contribution in [2.45, 2.75) is 33.7 Å². The highest BCUT2D eigenvalue weighted by Crippen LogP contribution is 2.18. The summed E-state index contributed by atoms with van der Waals surface area (Å²) in [4.78, 5) is 9.42. The zero-order valence-electron chi connectivity index (χ0n) is 13.8. The van der Waals surface area contributed by atoms with Crippen LogP contribution in [0.5, 0.6) is 0 Å². The van der Waals surface area contributed by atoms with E-state index in [0.717, 1.165) is 55.8 Å². The molecule has 4 nitrogen and oxygen atoms in total. The molecule has 1 heterocycles. The first-order valence-electron chi connectivity index (χ1n) is 7.92. The minimum Gasteiger partial charge on any atom is -0.373 e. The van der Waals surface area contributed by atoms with Crippen LogP contribution in [0.3, 0.4) is 0 Å². The molecule has 0 unspecified atom stereocenters. The van der Waals surface area contributed by atoms with Crippen LogP contribution in [0.25, 0.3) is 0 Å². The summed E-state index contributed by atoms with van der Waals surface area (Å²) >= 11 is 6.26. The Morgan fingerprint density at radius 1 is 1.05 bits per heavy atom. The van der Waals surface area contributed by atoms with E-state index in [2.05, 4.69) is 40.9 Å². The third-order valence-corrected chi connectivity index (χ3v) is 4.18. The number of nitrogens with one attached hydrogen (secondary N) is 1. The molecule has 1 rings (SSSR count). The number of rotatable bonds is 10. The van der Waals surface area contributed by atoms with E-state index in [9.17, 15) is 0 Å². The molecular weight excluding hydrogens is 284 g/mol. The van der Waals surface area contributed by atoms with E-state index in [1.807, 2.05) is 19.2 Å². The van der Waals surface area contributed by atoms with Crippen molar-refractivity contribution >= 4 is 17.4 Å². The van der Waals surface area contributed by atoms with Crippen LogP contribution in [-0.2, 0) is 6.54 Å². The largest absolute Gasteiger partial charge is 0.373 e. The van der Waals surface area contributed by atoms with Gasteiger partial charge in [0, 0.05) is 13.6 Å². The summed E-state index contributed by atoms with van der Waals surface area (Å²) in [5.74, 6) is 0.869. The second-order valence-corrected chi connectivity index (χ2v) is 5.53. The number of aromatic nitrogens is 1. The van der Waals surface area contributed by atoms with Crippen molar-refractivity contribution in [3.05, 3.63) is 22.8 Å². The van der Waals surface area contributed by atoms with Gasteiger partial charge in [-0.25, -0.2) is 4.98 Å². The number of anilines is 1. The van der Waals surface area contributed by atoms with Gasteiger partial charge in [-0.2, -0.15) is 0 Å². The normalized spacial score (nSPS) is 11.4. The molecule has 0 radical (unpaired) electrons. The van der Waals surface area contributed by atoms with Gasteiger partial charge in [0.25, 0.3) is 0 Å². The first kappa shape index (κ1) is 18.2. The molecule has 0 atom stereocenters. The van der Waals surface area contributed by atoms with Gasteiger partial charge >= 0.3 is 0 Å². The van der Waals surface area contributed by atoms with Gasteiger partial charge in [-0.1, -0.05) is 32.4 Å². The molecule has 1 aromatic heterocycles. The number of nitrogens with zero attached hydrogens (tertiary/aromatic N) is 3. The van der Waals surface area contributed by atoms with Gasteiger partial charge in [0.1, 0.15) is 5.82 Å². The average molecular weight is 313 g/mol. The molecule has 0 aliphatic rings.